The zero-order chi connectivity index (χ0) is 21.0. The van der Waals surface area contributed by atoms with E-state index >= 15 is 0 Å². The quantitative estimate of drug-likeness (QED) is 0.277. The van der Waals surface area contributed by atoms with Gasteiger partial charge in [0.05, 0.1) is 22.2 Å². The summed E-state index contributed by atoms with van der Waals surface area (Å²) in [6, 6.07) is 11.5. The molecule has 3 aromatic rings. The van der Waals surface area contributed by atoms with Crippen molar-refractivity contribution >= 4 is 45.2 Å². The summed E-state index contributed by atoms with van der Waals surface area (Å²) < 4.78 is 7.33. The molecule has 9 heteroatoms. The van der Waals surface area contributed by atoms with Crippen molar-refractivity contribution < 1.29 is 19.2 Å². The largest absolute Gasteiger partial charge is 0.468 e. The summed E-state index contributed by atoms with van der Waals surface area (Å²) in [5.41, 5.74) is 2.39. The van der Waals surface area contributed by atoms with Crippen molar-refractivity contribution in [2.75, 3.05) is 7.11 Å². The molecule has 1 aromatic heterocycles. The van der Waals surface area contributed by atoms with Crippen molar-refractivity contribution in [2.45, 2.75) is 13.5 Å². The molecule has 8 nitrogen and oxygen atoms in total. The maximum absolute atomic E-state index is 12.3. The van der Waals surface area contributed by atoms with E-state index in [0.29, 0.717) is 10.4 Å². The predicted octanol–water partition coefficient (Wildman–Crippen LogP) is 3.23. The molecule has 3 rings (SSSR count). The number of amides is 1. The third-order valence-electron chi connectivity index (χ3n) is 4.15. The second kappa shape index (κ2) is 8.61. The molecule has 2 aromatic carbocycles. The Morgan fingerprint density at radius 2 is 1.97 bits per heavy atom. The van der Waals surface area contributed by atoms with Gasteiger partial charge in [0.15, 0.2) is 4.80 Å². The maximum atomic E-state index is 12.3. The van der Waals surface area contributed by atoms with Crippen molar-refractivity contribution in [3.05, 3.63) is 74.6 Å². The van der Waals surface area contributed by atoms with Gasteiger partial charge in [-0.15, -0.1) is 0 Å². The topological polar surface area (TPSA) is 104 Å². The fraction of sp³-hybridized carbons (Fsp3) is 0.150. The molecule has 1 heterocycles. The molecule has 0 atom stereocenters. The first-order chi connectivity index (χ1) is 13.9. The second-order valence-corrected chi connectivity index (χ2v) is 7.11. The zero-order valence-corrected chi connectivity index (χ0v) is 16.5. The van der Waals surface area contributed by atoms with E-state index in [1.807, 2.05) is 25.1 Å². The normalized spacial score (nSPS) is 11.9. The highest BCUT2D eigenvalue weighted by molar-refractivity contribution is 7.16. The van der Waals surface area contributed by atoms with E-state index in [4.69, 9.17) is 4.74 Å². The molecule has 0 bridgehead atoms. The number of thiazole rings is 1. The molecule has 1 amide bonds. The van der Waals surface area contributed by atoms with Crippen LogP contribution in [0, 0.1) is 17.0 Å². The molecule has 0 N–H and O–H groups in total. The summed E-state index contributed by atoms with van der Waals surface area (Å²) in [4.78, 5) is 38.9. The minimum Gasteiger partial charge on any atom is -0.468 e. The summed E-state index contributed by atoms with van der Waals surface area (Å²) in [5.74, 6) is -0.950. The van der Waals surface area contributed by atoms with Gasteiger partial charge in [0.25, 0.3) is 11.6 Å². The summed E-state index contributed by atoms with van der Waals surface area (Å²) >= 11 is 1.30. The van der Waals surface area contributed by atoms with Gasteiger partial charge in [0.2, 0.25) is 0 Å². The van der Waals surface area contributed by atoms with E-state index < -0.39 is 16.8 Å². The Kier molecular flexibility index (Phi) is 5.99. The van der Waals surface area contributed by atoms with Gasteiger partial charge in [0, 0.05) is 18.2 Å². The molecule has 0 fully saturated rings. The van der Waals surface area contributed by atoms with Crippen molar-refractivity contribution in [1.29, 1.82) is 0 Å². The van der Waals surface area contributed by atoms with Crippen molar-refractivity contribution in [3.8, 4) is 0 Å². The molecule has 0 spiro atoms. The minimum atomic E-state index is -0.508. The van der Waals surface area contributed by atoms with E-state index in [-0.39, 0.29) is 12.2 Å². The lowest BCUT2D eigenvalue weighted by Gasteiger charge is -2.05. The van der Waals surface area contributed by atoms with Crippen LogP contribution in [-0.4, -0.2) is 28.5 Å². The number of para-hydroxylation sites is 1. The van der Waals surface area contributed by atoms with Crippen LogP contribution in [0.2, 0.25) is 0 Å². The molecule has 0 radical (unpaired) electrons. The number of hydrogen-bond acceptors (Lipinski definition) is 6. The van der Waals surface area contributed by atoms with E-state index in [1.165, 1.54) is 42.7 Å². The summed E-state index contributed by atoms with van der Waals surface area (Å²) in [6.45, 7) is 1.86. The van der Waals surface area contributed by atoms with E-state index in [1.54, 1.807) is 16.7 Å². The van der Waals surface area contributed by atoms with Crippen LogP contribution in [0.4, 0.5) is 5.69 Å². The molecule has 148 valence electrons. The van der Waals surface area contributed by atoms with Crippen LogP contribution in [0.1, 0.15) is 11.1 Å². The number of rotatable bonds is 5. The second-order valence-electron chi connectivity index (χ2n) is 6.10. The van der Waals surface area contributed by atoms with Crippen molar-refractivity contribution in [1.82, 2.24) is 4.57 Å². The van der Waals surface area contributed by atoms with Gasteiger partial charge < -0.3 is 9.30 Å². The minimum absolute atomic E-state index is 0.0253. The number of carbonyl (C=O) groups excluding carboxylic acids is 2. The fourth-order valence-corrected chi connectivity index (χ4v) is 3.85. The number of hydrogen-bond donors (Lipinski definition) is 0. The fourth-order valence-electron chi connectivity index (χ4n) is 2.74. The van der Waals surface area contributed by atoms with Gasteiger partial charge in [-0.1, -0.05) is 23.5 Å². The standard InChI is InChI=1S/C20H17N3O5S/c1-13-4-3-5-16-19(13)22(12-18(25)28-2)20(29-16)21-17(24)11-8-14-6-9-15(10-7-14)23(26)27/h3-11H,12H2,1-2H3. The highest BCUT2D eigenvalue weighted by Crippen LogP contribution is 2.21. The number of non-ortho nitro benzene ring substituents is 1. The van der Waals surface area contributed by atoms with Gasteiger partial charge in [0.1, 0.15) is 6.54 Å². The van der Waals surface area contributed by atoms with Gasteiger partial charge in [-0.3, -0.25) is 19.7 Å². The first-order valence-corrected chi connectivity index (χ1v) is 9.37. The number of nitrogens with zero attached hydrogens (tertiary/aromatic N) is 3. The molecule has 0 saturated heterocycles. The zero-order valence-electron chi connectivity index (χ0n) is 15.7. The molecule has 0 aliphatic heterocycles. The maximum Gasteiger partial charge on any atom is 0.325 e. The Balaban J connectivity index is 1.95. The van der Waals surface area contributed by atoms with Crippen LogP contribution in [0.5, 0.6) is 0 Å². The Morgan fingerprint density at radius 1 is 1.24 bits per heavy atom. The van der Waals surface area contributed by atoms with Crippen LogP contribution in [0.15, 0.2) is 53.5 Å². The smallest absolute Gasteiger partial charge is 0.325 e. The number of aryl methyl sites for hydroxylation is 1. The highest BCUT2D eigenvalue weighted by atomic mass is 32.1. The Bertz CT molecular complexity index is 1190. The first-order valence-electron chi connectivity index (χ1n) is 8.56. The number of nitro groups is 1. The molecular formula is C20H17N3O5S. The SMILES string of the molecule is COC(=O)Cn1c(=NC(=O)C=Cc2ccc([N+](=O)[O-])cc2)sc2cccc(C)c21. The Hall–Kier alpha value is -3.59. The monoisotopic (exact) mass is 411 g/mol. The van der Waals surface area contributed by atoms with Crippen LogP contribution < -0.4 is 4.80 Å². The number of benzene rings is 2. The van der Waals surface area contributed by atoms with E-state index in [0.717, 1.165) is 15.8 Å². The van der Waals surface area contributed by atoms with Crippen molar-refractivity contribution in [3.63, 3.8) is 0 Å². The number of fused-ring (bicyclic) bond motifs is 1. The van der Waals surface area contributed by atoms with Crippen molar-refractivity contribution in [2.24, 2.45) is 4.99 Å². The van der Waals surface area contributed by atoms with Gasteiger partial charge in [-0.2, -0.15) is 4.99 Å². The average Bonchev–Trinajstić information content (AvgIpc) is 3.04. The Morgan fingerprint density at radius 3 is 2.62 bits per heavy atom. The number of carbonyl (C=O) groups is 2. The predicted molar refractivity (Wildman–Crippen MR) is 109 cm³/mol. The number of ether oxygens (including phenoxy) is 1. The lowest BCUT2D eigenvalue weighted by atomic mass is 10.2. The summed E-state index contributed by atoms with van der Waals surface area (Å²) in [6.07, 6.45) is 2.81. The third kappa shape index (κ3) is 4.64. The van der Waals surface area contributed by atoms with Gasteiger partial charge >= 0.3 is 5.97 Å². The van der Waals surface area contributed by atoms with Crippen LogP contribution >= 0.6 is 11.3 Å². The van der Waals surface area contributed by atoms with Crippen LogP contribution in [0.3, 0.4) is 0 Å². The number of methoxy groups -OCH3 is 1. The van der Waals surface area contributed by atoms with E-state index in [9.17, 15) is 19.7 Å². The summed E-state index contributed by atoms with van der Waals surface area (Å²) in [7, 11) is 1.30. The molecule has 0 aliphatic rings. The van der Waals surface area contributed by atoms with Crippen LogP contribution in [-0.2, 0) is 20.9 Å². The first kappa shape index (κ1) is 20.2. The number of esters is 1. The third-order valence-corrected chi connectivity index (χ3v) is 5.19. The van der Waals surface area contributed by atoms with Crippen LogP contribution in [0.25, 0.3) is 16.3 Å². The number of aromatic nitrogens is 1. The molecule has 0 unspecified atom stereocenters. The molecule has 0 saturated carbocycles. The summed E-state index contributed by atoms with van der Waals surface area (Å²) in [5, 5.41) is 10.7. The molecule has 29 heavy (non-hydrogen) atoms. The van der Waals surface area contributed by atoms with E-state index in [2.05, 4.69) is 4.99 Å². The molecular weight excluding hydrogens is 394 g/mol. The number of nitro benzene ring substituents is 1. The van der Waals surface area contributed by atoms with Gasteiger partial charge in [-0.25, -0.2) is 0 Å². The van der Waals surface area contributed by atoms with Gasteiger partial charge in [-0.05, 0) is 42.3 Å². The Labute approximate surface area is 169 Å². The lowest BCUT2D eigenvalue weighted by Crippen LogP contribution is -2.22. The highest BCUT2D eigenvalue weighted by Gasteiger charge is 2.13. The average molecular weight is 411 g/mol. The molecule has 0 aliphatic carbocycles. The lowest BCUT2D eigenvalue weighted by molar-refractivity contribution is -0.384.